The van der Waals surface area contributed by atoms with Crippen molar-refractivity contribution in [1.82, 2.24) is 0 Å². The number of hydrogen-bond donors (Lipinski definition) is 0. The Morgan fingerprint density at radius 3 is 1.80 bits per heavy atom. The first kappa shape index (κ1) is 7.19. The summed E-state index contributed by atoms with van der Waals surface area (Å²) in [6.07, 6.45) is 0. The van der Waals surface area contributed by atoms with E-state index in [1.54, 1.807) is 6.92 Å². The van der Waals surface area contributed by atoms with Crippen LogP contribution in [0.15, 0.2) is 9.59 Å². The van der Waals surface area contributed by atoms with E-state index in [0.717, 1.165) is 0 Å². The maximum Gasteiger partial charge on any atom is 0.229 e. The van der Waals surface area contributed by atoms with Gasteiger partial charge in [-0.25, -0.2) is 0 Å². The molecule has 1 rings (SSSR count). The third kappa shape index (κ3) is 0.719. The fraction of sp³-hybridized carbons (Fsp3) is 0.500. The summed E-state index contributed by atoms with van der Waals surface area (Å²) < 4.78 is 0. The first-order valence-corrected chi connectivity index (χ1v) is 3.35. The van der Waals surface area contributed by atoms with Gasteiger partial charge in [0, 0.05) is 11.1 Å². The lowest BCUT2D eigenvalue weighted by Gasteiger charge is -2.08. The summed E-state index contributed by atoms with van der Waals surface area (Å²) in [5.41, 5.74) is 0.779. The molecule has 0 aliphatic rings. The first-order valence-electron chi connectivity index (χ1n) is 3.35. The summed E-state index contributed by atoms with van der Waals surface area (Å²) in [5.74, 6) is 0.199. The van der Waals surface area contributed by atoms with E-state index in [4.69, 9.17) is 0 Å². The van der Waals surface area contributed by atoms with E-state index in [-0.39, 0.29) is 16.8 Å². The van der Waals surface area contributed by atoms with Crippen LogP contribution in [0.3, 0.4) is 0 Å². The average Bonchev–Trinajstić information content (AvgIpc) is 1.87. The zero-order chi connectivity index (χ0) is 7.89. The highest BCUT2D eigenvalue weighted by atomic mass is 16.2. The molecule has 0 aromatic heterocycles. The van der Waals surface area contributed by atoms with Crippen LogP contribution in [-0.2, 0) is 0 Å². The molecule has 0 amide bonds. The normalized spacial score (nSPS) is 11.2. The molecule has 10 heavy (non-hydrogen) atoms. The van der Waals surface area contributed by atoms with Crippen molar-refractivity contribution in [1.29, 1.82) is 0 Å². The molecule has 0 atom stereocenters. The molecule has 0 unspecified atom stereocenters. The van der Waals surface area contributed by atoms with Crippen LogP contribution in [0, 0.1) is 6.92 Å². The number of rotatable bonds is 1. The van der Waals surface area contributed by atoms with Gasteiger partial charge in [0.1, 0.15) is 0 Å². The summed E-state index contributed by atoms with van der Waals surface area (Å²) in [4.78, 5) is 21.5. The van der Waals surface area contributed by atoms with Crippen LogP contribution in [0.25, 0.3) is 0 Å². The van der Waals surface area contributed by atoms with Gasteiger partial charge in [0.05, 0.1) is 0 Å². The van der Waals surface area contributed by atoms with Crippen LogP contribution in [0.2, 0.25) is 0 Å². The smallest absolute Gasteiger partial charge is 0.229 e. The molecule has 0 saturated heterocycles. The topological polar surface area (TPSA) is 34.1 Å². The van der Waals surface area contributed by atoms with Crippen molar-refractivity contribution in [2.24, 2.45) is 0 Å². The fourth-order valence-corrected chi connectivity index (χ4v) is 1.22. The van der Waals surface area contributed by atoms with E-state index in [2.05, 4.69) is 0 Å². The average molecular weight is 138 g/mol. The highest BCUT2D eigenvalue weighted by Gasteiger charge is 2.18. The first-order chi connectivity index (χ1) is 4.55. The molecule has 0 aliphatic carbocycles. The Labute approximate surface area is 59.2 Å². The lowest BCUT2D eigenvalue weighted by atomic mass is 9.93. The van der Waals surface area contributed by atoms with Gasteiger partial charge in [0.25, 0.3) is 0 Å². The van der Waals surface area contributed by atoms with Gasteiger partial charge in [-0.3, -0.25) is 9.59 Å². The molecule has 54 valence electrons. The molecule has 2 nitrogen and oxygen atoms in total. The Balaban J connectivity index is 3.23. The minimum Gasteiger partial charge on any atom is -0.285 e. The summed E-state index contributed by atoms with van der Waals surface area (Å²) in [5, 5.41) is 0. The predicted octanol–water partition coefficient (Wildman–Crippen LogP) is 0.714. The van der Waals surface area contributed by atoms with Gasteiger partial charge in [-0.15, -0.1) is 0 Å². The van der Waals surface area contributed by atoms with Crippen LogP contribution in [0.4, 0.5) is 0 Å². The third-order valence-corrected chi connectivity index (χ3v) is 1.77. The predicted molar refractivity (Wildman–Crippen MR) is 40.2 cm³/mol. The fourth-order valence-electron chi connectivity index (χ4n) is 1.22. The zero-order valence-electron chi connectivity index (χ0n) is 6.39. The summed E-state index contributed by atoms with van der Waals surface area (Å²) in [6, 6.07) is 0. The quantitative estimate of drug-likeness (QED) is 0.536. The molecule has 0 bridgehead atoms. The van der Waals surface area contributed by atoms with E-state index in [9.17, 15) is 9.59 Å². The van der Waals surface area contributed by atoms with Crippen molar-refractivity contribution >= 4 is 0 Å². The van der Waals surface area contributed by atoms with Crippen LogP contribution in [-0.4, -0.2) is 0 Å². The molecule has 0 saturated carbocycles. The van der Waals surface area contributed by atoms with Crippen molar-refractivity contribution in [2.45, 2.75) is 26.7 Å². The highest BCUT2D eigenvalue weighted by molar-refractivity contribution is 5.33. The van der Waals surface area contributed by atoms with Crippen molar-refractivity contribution in [3.8, 4) is 0 Å². The second kappa shape index (κ2) is 2.04. The molecule has 0 spiro atoms. The molecular formula is C8H10O2. The molecule has 0 N–H and O–H groups in total. The van der Waals surface area contributed by atoms with E-state index in [1.165, 1.54) is 0 Å². The van der Waals surface area contributed by atoms with Crippen molar-refractivity contribution < 1.29 is 0 Å². The van der Waals surface area contributed by atoms with Gasteiger partial charge in [0.15, 0.2) is 0 Å². The van der Waals surface area contributed by atoms with Gasteiger partial charge in [-0.2, -0.15) is 0 Å². The van der Waals surface area contributed by atoms with Crippen LogP contribution in [0.5, 0.6) is 0 Å². The van der Waals surface area contributed by atoms with Gasteiger partial charge in [-0.05, 0) is 12.8 Å². The molecule has 0 radical (unpaired) electrons. The Bertz CT molecular complexity index is 314. The molecule has 1 aromatic carbocycles. The lowest BCUT2D eigenvalue weighted by molar-refractivity contribution is 0.825. The molecule has 0 heterocycles. The lowest BCUT2D eigenvalue weighted by Crippen LogP contribution is -2.38. The van der Waals surface area contributed by atoms with Crippen LogP contribution >= 0.6 is 0 Å². The summed E-state index contributed by atoms with van der Waals surface area (Å²) >= 11 is 0. The molecular weight excluding hydrogens is 128 g/mol. The molecule has 0 aliphatic heterocycles. The largest absolute Gasteiger partial charge is 0.285 e. The standard InChI is InChI=1S/C8H10O2/c1-4(2)6-5(3)7(9)8(6)10/h4H,1-3H3. The monoisotopic (exact) mass is 138 g/mol. The van der Waals surface area contributed by atoms with E-state index in [0.29, 0.717) is 11.1 Å². The van der Waals surface area contributed by atoms with Gasteiger partial charge < -0.3 is 0 Å². The Kier molecular flexibility index (Phi) is 1.47. The SMILES string of the molecule is Cc1c(C(C)C)c(=O)c1=O. The van der Waals surface area contributed by atoms with Gasteiger partial charge in [-0.1, -0.05) is 13.8 Å². The van der Waals surface area contributed by atoms with E-state index < -0.39 is 0 Å². The highest BCUT2D eigenvalue weighted by Crippen LogP contribution is 2.11. The molecule has 1 aromatic rings. The van der Waals surface area contributed by atoms with Gasteiger partial charge in [0.2, 0.25) is 10.9 Å². The Morgan fingerprint density at radius 1 is 1.10 bits per heavy atom. The molecule has 2 heteroatoms. The second-order valence-corrected chi connectivity index (χ2v) is 2.85. The van der Waals surface area contributed by atoms with E-state index >= 15 is 0 Å². The number of hydrogen-bond acceptors (Lipinski definition) is 2. The van der Waals surface area contributed by atoms with Crippen molar-refractivity contribution in [3.05, 3.63) is 31.6 Å². The van der Waals surface area contributed by atoms with E-state index in [1.807, 2.05) is 13.8 Å². The van der Waals surface area contributed by atoms with Crippen LogP contribution in [0.1, 0.15) is 30.9 Å². The Morgan fingerprint density at radius 2 is 1.60 bits per heavy atom. The van der Waals surface area contributed by atoms with Gasteiger partial charge >= 0.3 is 0 Å². The summed E-state index contributed by atoms with van der Waals surface area (Å²) in [6.45, 7) is 5.55. The zero-order valence-corrected chi connectivity index (χ0v) is 6.39. The molecule has 0 fully saturated rings. The van der Waals surface area contributed by atoms with Crippen molar-refractivity contribution in [2.75, 3.05) is 0 Å². The Hall–Kier alpha value is -0.920. The minimum absolute atomic E-state index is 0.199. The third-order valence-electron chi connectivity index (χ3n) is 1.77. The van der Waals surface area contributed by atoms with Crippen LogP contribution < -0.4 is 10.9 Å². The minimum atomic E-state index is -0.302. The van der Waals surface area contributed by atoms with Crippen molar-refractivity contribution in [3.63, 3.8) is 0 Å². The summed E-state index contributed by atoms with van der Waals surface area (Å²) in [7, 11) is 0. The second-order valence-electron chi connectivity index (χ2n) is 2.85. The maximum absolute atomic E-state index is 10.8. The maximum atomic E-state index is 10.8.